The zero-order valence-electron chi connectivity index (χ0n) is 15.5. The highest BCUT2D eigenvalue weighted by Crippen LogP contribution is 2.29. The van der Waals surface area contributed by atoms with Gasteiger partial charge >= 0.3 is 6.03 Å². The summed E-state index contributed by atoms with van der Waals surface area (Å²) < 4.78 is 1.18. The molecule has 1 amide bonds. The van der Waals surface area contributed by atoms with Gasteiger partial charge in [0.1, 0.15) is 5.69 Å². The highest BCUT2D eigenvalue weighted by Gasteiger charge is 2.19. The number of carbonyl (C=O) groups is 1. The molecule has 0 saturated carbocycles. The monoisotopic (exact) mass is 374 g/mol. The van der Waals surface area contributed by atoms with Crippen molar-refractivity contribution in [3.8, 4) is 11.5 Å². The Morgan fingerprint density at radius 2 is 2.04 bits per heavy atom. The Bertz CT molecular complexity index is 1180. The Balaban J connectivity index is 1.57. The summed E-state index contributed by atoms with van der Waals surface area (Å²) >= 11 is 0. The number of hydrogen-bond donors (Lipinski definition) is 2. The lowest BCUT2D eigenvalue weighted by Crippen LogP contribution is -2.44. The molecule has 1 aliphatic heterocycles. The lowest BCUT2D eigenvalue weighted by Gasteiger charge is -2.34. The predicted octanol–water partition coefficient (Wildman–Crippen LogP) is 2.06. The first-order valence-electron chi connectivity index (χ1n) is 9.23. The number of primary amides is 1. The molecular formula is C20H20N7O. The summed E-state index contributed by atoms with van der Waals surface area (Å²) in [6, 6.07) is 14.1. The van der Waals surface area contributed by atoms with E-state index in [0.29, 0.717) is 22.4 Å². The molecule has 3 heterocycles. The van der Waals surface area contributed by atoms with Crippen LogP contribution in [0.4, 0.5) is 10.5 Å². The van der Waals surface area contributed by atoms with Gasteiger partial charge in [0.15, 0.2) is 5.82 Å². The second-order valence-electron chi connectivity index (χ2n) is 7.11. The van der Waals surface area contributed by atoms with E-state index >= 15 is 0 Å². The van der Waals surface area contributed by atoms with Gasteiger partial charge in [-0.1, -0.05) is 12.1 Å². The van der Waals surface area contributed by atoms with Gasteiger partial charge < -0.3 is 20.5 Å². The maximum Gasteiger partial charge on any atom is 0.340 e. The molecule has 1 saturated heterocycles. The Kier molecular flexibility index (Phi) is 3.80. The molecule has 1 fully saturated rings. The minimum Gasteiger partial charge on any atom is -0.369 e. The third kappa shape index (κ3) is 2.69. The van der Waals surface area contributed by atoms with Crippen molar-refractivity contribution < 1.29 is 4.79 Å². The Morgan fingerprint density at radius 1 is 1.21 bits per heavy atom. The van der Waals surface area contributed by atoms with Crippen LogP contribution in [0.2, 0.25) is 0 Å². The number of benzene rings is 2. The standard InChI is InChI=1S/C20H20N7O/c1-25-8-10-26(11-9-25)13-6-7-15-16(12-13)23-19(22-15)18-14-4-2-3-5-17(14)27(24-18)20(21)28/h2-3,5-7,12H,8-11H2,1H3,(H2,21,28)(H,22,23). The van der Waals surface area contributed by atoms with Crippen LogP contribution in [0.25, 0.3) is 33.5 Å². The van der Waals surface area contributed by atoms with Crippen molar-refractivity contribution in [2.45, 2.75) is 0 Å². The van der Waals surface area contributed by atoms with Crippen molar-refractivity contribution in [1.82, 2.24) is 24.6 Å². The number of piperazine rings is 1. The highest BCUT2D eigenvalue weighted by atomic mass is 16.2. The van der Waals surface area contributed by atoms with E-state index in [4.69, 9.17) is 5.73 Å². The number of imidazole rings is 1. The second-order valence-corrected chi connectivity index (χ2v) is 7.11. The van der Waals surface area contributed by atoms with Crippen LogP contribution in [0.15, 0.2) is 36.4 Å². The van der Waals surface area contributed by atoms with Gasteiger partial charge in [0, 0.05) is 37.3 Å². The summed E-state index contributed by atoms with van der Waals surface area (Å²) in [5, 5.41) is 5.08. The largest absolute Gasteiger partial charge is 0.369 e. The summed E-state index contributed by atoms with van der Waals surface area (Å²) in [7, 11) is 2.15. The average molecular weight is 374 g/mol. The van der Waals surface area contributed by atoms with Crippen molar-refractivity contribution in [2.75, 3.05) is 38.1 Å². The lowest BCUT2D eigenvalue weighted by atomic mass is 10.2. The Hall–Kier alpha value is -3.39. The molecule has 0 spiro atoms. The van der Waals surface area contributed by atoms with Crippen molar-refractivity contribution in [1.29, 1.82) is 0 Å². The molecule has 1 aliphatic rings. The van der Waals surface area contributed by atoms with Gasteiger partial charge in [0.05, 0.1) is 16.6 Å². The van der Waals surface area contributed by atoms with Gasteiger partial charge in [-0.05, 0) is 37.4 Å². The van der Waals surface area contributed by atoms with E-state index in [9.17, 15) is 4.79 Å². The molecular weight excluding hydrogens is 354 g/mol. The molecule has 0 bridgehead atoms. The fourth-order valence-corrected chi connectivity index (χ4v) is 3.70. The van der Waals surface area contributed by atoms with E-state index in [0.717, 1.165) is 37.2 Å². The van der Waals surface area contributed by atoms with Crippen LogP contribution in [0.1, 0.15) is 0 Å². The molecule has 0 unspecified atom stereocenters. The maximum atomic E-state index is 11.7. The number of carbonyl (C=O) groups excluding carboxylic acids is 1. The fourth-order valence-electron chi connectivity index (χ4n) is 3.70. The van der Waals surface area contributed by atoms with Crippen molar-refractivity contribution in [2.24, 2.45) is 5.73 Å². The quantitative estimate of drug-likeness (QED) is 0.560. The molecule has 4 aromatic rings. The van der Waals surface area contributed by atoms with E-state index in [1.807, 2.05) is 6.07 Å². The van der Waals surface area contributed by atoms with Gasteiger partial charge in [-0.3, -0.25) is 0 Å². The summed E-state index contributed by atoms with van der Waals surface area (Å²) in [5.74, 6) is 0.595. The molecule has 0 atom stereocenters. The van der Waals surface area contributed by atoms with E-state index < -0.39 is 6.03 Å². The molecule has 5 rings (SSSR count). The van der Waals surface area contributed by atoms with Crippen LogP contribution in [-0.4, -0.2) is 63.9 Å². The topological polar surface area (TPSA) is 96.1 Å². The zero-order valence-corrected chi connectivity index (χ0v) is 15.5. The third-order valence-electron chi connectivity index (χ3n) is 5.27. The molecule has 2 aromatic heterocycles. The van der Waals surface area contributed by atoms with Crippen LogP contribution < -0.4 is 10.6 Å². The Labute approximate surface area is 161 Å². The minimum absolute atomic E-state index is 0.562. The first kappa shape index (κ1) is 16.8. The third-order valence-corrected chi connectivity index (χ3v) is 5.27. The van der Waals surface area contributed by atoms with Gasteiger partial charge in [0.25, 0.3) is 0 Å². The molecule has 8 heteroatoms. The number of fused-ring (bicyclic) bond motifs is 2. The minimum atomic E-state index is -0.635. The molecule has 141 valence electrons. The number of rotatable bonds is 2. The summed E-state index contributed by atoms with van der Waals surface area (Å²) in [6.07, 6.45) is 0. The predicted molar refractivity (Wildman–Crippen MR) is 108 cm³/mol. The van der Waals surface area contributed by atoms with Gasteiger partial charge in [-0.15, -0.1) is 0 Å². The smallest absolute Gasteiger partial charge is 0.340 e. The first-order valence-corrected chi connectivity index (χ1v) is 9.23. The van der Waals surface area contributed by atoms with Gasteiger partial charge in [-0.2, -0.15) is 9.78 Å². The molecule has 0 aliphatic carbocycles. The van der Waals surface area contributed by atoms with Crippen LogP contribution in [0.3, 0.4) is 0 Å². The number of nitrogens with one attached hydrogen (secondary N) is 1. The van der Waals surface area contributed by atoms with E-state index in [2.05, 4.69) is 50.1 Å². The van der Waals surface area contributed by atoms with Crippen LogP contribution in [-0.2, 0) is 0 Å². The molecule has 2 aromatic carbocycles. The van der Waals surface area contributed by atoms with Crippen molar-refractivity contribution in [3.63, 3.8) is 0 Å². The number of anilines is 1. The van der Waals surface area contributed by atoms with Crippen molar-refractivity contribution in [3.05, 3.63) is 42.5 Å². The SMILES string of the molecule is CN1CCN(c2ccc3nc(-c4nn(C(N)=O)c5ccc[c]c45)[nH]c3c2)CC1. The summed E-state index contributed by atoms with van der Waals surface area (Å²) in [6.45, 7) is 4.12. The zero-order chi connectivity index (χ0) is 19.3. The second kappa shape index (κ2) is 6.35. The number of nitrogens with two attached hydrogens (primary N) is 1. The number of amides is 1. The maximum absolute atomic E-state index is 11.7. The first-order chi connectivity index (χ1) is 13.6. The fraction of sp³-hybridized carbons (Fsp3) is 0.250. The van der Waals surface area contributed by atoms with E-state index in [1.165, 1.54) is 10.4 Å². The highest BCUT2D eigenvalue weighted by molar-refractivity contribution is 5.98. The Morgan fingerprint density at radius 3 is 2.82 bits per heavy atom. The number of aromatic nitrogens is 4. The number of H-pyrrole nitrogens is 1. The number of nitrogens with zero attached hydrogens (tertiary/aromatic N) is 5. The molecule has 3 N–H and O–H groups in total. The van der Waals surface area contributed by atoms with Crippen LogP contribution in [0, 0.1) is 6.07 Å². The number of likely N-dealkylation sites (N-methyl/N-ethyl adjacent to an activating group) is 1. The van der Waals surface area contributed by atoms with Crippen LogP contribution >= 0.6 is 0 Å². The van der Waals surface area contributed by atoms with Gasteiger partial charge in [-0.25, -0.2) is 9.78 Å². The molecule has 8 nitrogen and oxygen atoms in total. The number of hydrogen-bond acceptors (Lipinski definition) is 5. The molecule has 28 heavy (non-hydrogen) atoms. The van der Waals surface area contributed by atoms with Crippen molar-refractivity contribution >= 4 is 33.7 Å². The van der Waals surface area contributed by atoms with E-state index in [1.54, 1.807) is 18.2 Å². The average Bonchev–Trinajstić information content (AvgIpc) is 3.29. The number of aromatic amines is 1. The molecule has 1 radical (unpaired) electrons. The normalized spacial score (nSPS) is 15.5. The van der Waals surface area contributed by atoms with E-state index in [-0.39, 0.29) is 0 Å². The van der Waals surface area contributed by atoms with Gasteiger partial charge in [0.2, 0.25) is 0 Å². The van der Waals surface area contributed by atoms with Crippen LogP contribution in [0.5, 0.6) is 0 Å². The summed E-state index contributed by atoms with van der Waals surface area (Å²) in [5.41, 5.74) is 9.61. The lowest BCUT2D eigenvalue weighted by molar-refractivity contribution is 0.248. The summed E-state index contributed by atoms with van der Waals surface area (Å²) in [4.78, 5) is 24.5.